The molecule has 164 valence electrons. The third-order valence-corrected chi connectivity index (χ3v) is 5.87. The molecular weight excluding hydrogens is 424 g/mol. The molecule has 6 nitrogen and oxygen atoms in total. The van der Waals surface area contributed by atoms with Crippen LogP contribution in [0.5, 0.6) is 11.5 Å². The van der Waals surface area contributed by atoms with Crippen molar-refractivity contribution >= 4 is 38.9 Å². The summed E-state index contributed by atoms with van der Waals surface area (Å²) in [6.45, 7) is 6.20. The van der Waals surface area contributed by atoms with Crippen molar-refractivity contribution in [3.8, 4) is 22.6 Å². The molecule has 0 spiro atoms. The van der Waals surface area contributed by atoms with E-state index in [2.05, 4.69) is 10.3 Å². The lowest BCUT2D eigenvalue weighted by Gasteiger charge is -2.12. The molecule has 0 radical (unpaired) electrons. The number of hydrogen-bond donors (Lipinski definition) is 1. The number of methoxy groups -OCH3 is 1. The van der Waals surface area contributed by atoms with E-state index in [0.717, 1.165) is 39.1 Å². The molecule has 0 bridgehead atoms. The highest BCUT2D eigenvalue weighted by Crippen LogP contribution is 2.40. The van der Waals surface area contributed by atoms with E-state index in [9.17, 15) is 4.79 Å². The molecule has 1 amide bonds. The number of furan rings is 1. The van der Waals surface area contributed by atoms with Crippen molar-refractivity contribution in [1.82, 2.24) is 4.98 Å². The number of hydrogen-bond acceptors (Lipinski definition) is 6. The number of para-hydroxylation sites is 1. The molecular formula is C25H24N2O4S. The van der Waals surface area contributed by atoms with E-state index in [1.54, 1.807) is 19.4 Å². The van der Waals surface area contributed by atoms with Crippen LogP contribution in [0.25, 0.3) is 27.7 Å². The molecule has 0 saturated carbocycles. The minimum atomic E-state index is -0.239. The molecule has 4 rings (SSSR count). The summed E-state index contributed by atoms with van der Waals surface area (Å²) in [4.78, 5) is 16.8. The smallest absolute Gasteiger partial charge is 0.250 e. The van der Waals surface area contributed by atoms with Gasteiger partial charge in [-0.15, -0.1) is 11.3 Å². The Balaban J connectivity index is 1.76. The first-order chi connectivity index (χ1) is 15.5. The van der Waals surface area contributed by atoms with Crippen molar-refractivity contribution in [3.63, 3.8) is 0 Å². The van der Waals surface area contributed by atoms with Crippen LogP contribution in [-0.2, 0) is 4.79 Å². The molecule has 0 aliphatic rings. The average molecular weight is 449 g/mol. The molecule has 2 aromatic heterocycles. The summed E-state index contributed by atoms with van der Waals surface area (Å²) >= 11 is 1.40. The zero-order valence-electron chi connectivity index (χ0n) is 18.4. The first-order valence-corrected chi connectivity index (χ1v) is 11.1. The number of aromatic nitrogens is 1. The van der Waals surface area contributed by atoms with Gasteiger partial charge >= 0.3 is 0 Å². The molecule has 1 N–H and O–H groups in total. The van der Waals surface area contributed by atoms with Crippen molar-refractivity contribution < 1.29 is 18.7 Å². The fourth-order valence-electron chi connectivity index (χ4n) is 3.54. The number of rotatable bonds is 7. The molecule has 32 heavy (non-hydrogen) atoms. The Hall–Kier alpha value is -3.58. The Bertz CT molecular complexity index is 1300. The normalized spacial score (nSPS) is 11.6. The summed E-state index contributed by atoms with van der Waals surface area (Å²) in [5.41, 5.74) is 5.02. The minimum Gasteiger partial charge on any atom is -0.496 e. The van der Waals surface area contributed by atoms with Gasteiger partial charge in [0.15, 0.2) is 5.13 Å². The molecule has 0 unspecified atom stereocenters. The molecule has 0 atom stereocenters. The summed E-state index contributed by atoms with van der Waals surface area (Å²) in [6.07, 6.45) is 3.28. The highest BCUT2D eigenvalue weighted by atomic mass is 32.1. The molecule has 0 saturated heterocycles. The van der Waals surface area contributed by atoms with E-state index < -0.39 is 0 Å². The van der Waals surface area contributed by atoms with Crippen LogP contribution < -0.4 is 14.8 Å². The number of ether oxygens (including phenoxy) is 2. The number of aryl methyl sites for hydroxylation is 1. The van der Waals surface area contributed by atoms with Crippen molar-refractivity contribution in [2.45, 2.75) is 20.8 Å². The number of anilines is 1. The van der Waals surface area contributed by atoms with E-state index in [4.69, 9.17) is 13.9 Å². The van der Waals surface area contributed by atoms with Crippen LogP contribution in [0.4, 0.5) is 5.13 Å². The quantitative estimate of drug-likeness (QED) is 0.335. The Kier molecular flexibility index (Phi) is 6.28. The Morgan fingerprint density at radius 3 is 2.75 bits per heavy atom. The Labute approximate surface area is 190 Å². The number of amides is 1. The minimum absolute atomic E-state index is 0.239. The van der Waals surface area contributed by atoms with E-state index in [0.29, 0.717) is 23.1 Å². The second-order valence-electron chi connectivity index (χ2n) is 7.24. The molecule has 4 aromatic rings. The number of carbonyl (C=O) groups is 1. The highest BCUT2D eigenvalue weighted by Gasteiger charge is 2.17. The lowest BCUT2D eigenvalue weighted by molar-refractivity contribution is -0.111. The third kappa shape index (κ3) is 4.38. The van der Waals surface area contributed by atoms with Gasteiger partial charge < -0.3 is 13.9 Å². The summed E-state index contributed by atoms with van der Waals surface area (Å²) in [7, 11) is 1.65. The van der Waals surface area contributed by atoms with Gasteiger partial charge in [-0.3, -0.25) is 10.1 Å². The van der Waals surface area contributed by atoms with Crippen molar-refractivity contribution in [2.24, 2.45) is 0 Å². The number of nitrogens with zero attached hydrogens (tertiary/aromatic N) is 1. The van der Waals surface area contributed by atoms with Crippen LogP contribution >= 0.6 is 11.3 Å². The van der Waals surface area contributed by atoms with Crippen LogP contribution in [0.1, 0.15) is 25.1 Å². The van der Waals surface area contributed by atoms with E-state index >= 15 is 0 Å². The Morgan fingerprint density at radius 2 is 2.03 bits per heavy atom. The van der Waals surface area contributed by atoms with Crippen molar-refractivity contribution in [1.29, 1.82) is 0 Å². The molecule has 7 heteroatoms. The van der Waals surface area contributed by atoms with Crippen LogP contribution in [0.15, 0.2) is 58.5 Å². The number of carbonyl (C=O) groups excluding carboxylic acids is 1. The third-order valence-electron chi connectivity index (χ3n) is 4.99. The van der Waals surface area contributed by atoms with E-state index in [1.807, 2.05) is 62.5 Å². The predicted molar refractivity (Wildman–Crippen MR) is 129 cm³/mol. The monoisotopic (exact) mass is 448 g/mol. The lowest BCUT2D eigenvalue weighted by Crippen LogP contribution is -2.08. The topological polar surface area (TPSA) is 73.6 Å². The molecule has 0 aliphatic heterocycles. The second kappa shape index (κ2) is 9.28. The number of thiazole rings is 1. The maximum Gasteiger partial charge on any atom is 0.250 e. The van der Waals surface area contributed by atoms with Crippen molar-refractivity contribution in [3.05, 3.63) is 65.4 Å². The molecule has 0 aliphatic carbocycles. The fraction of sp³-hybridized carbons (Fsp3) is 0.200. The van der Waals surface area contributed by atoms with Crippen LogP contribution in [0.3, 0.4) is 0 Å². The SMILES string of the molecule is CCOc1cc2occ(-c3ccccc3OC)c2cc1/C(C)=C/C(=O)Nc1nc(C)cs1. The molecule has 2 heterocycles. The average Bonchev–Trinajstić information content (AvgIpc) is 3.38. The molecule has 2 aromatic carbocycles. The Morgan fingerprint density at radius 1 is 1.22 bits per heavy atom. The largest absolute Gasteiger partial charge is 0.496 e. The first-order valence-electron chi connectivity index (χ1n) is 10.2. The summed E-state index contributed by atoms with van der Waals surface area (Å²) in [5, 5.41) is 6.20. The standard InChI is InChI=1S/C25H24N2O4S/c1-5-30-22-12-23-19(20(13-31-23)17-8-6-7-9-21(17)29-4)11-18(22)15(2)10-24(28)27-25-26-16(3)14-32-25/h6-14H,5H2,1-4H3,(H,26,27,28)/b15-10+. The van der Waals surface area contributed by atoms with Gasteiger partial charge in [0.05, 0.1) is 25.7 Å². The first kappa shape index (κ1) is 21.6. The predicted octanol–water partition coefficient (Wildman–Crippen LogP) is 6.31. The zero-order valence-corrected chi connectivity index (χ0v) is 19.2. The van der Waals surface area contributed by atoms with Gasteiger partial charge in [0.2, 0.25) is 5.91 Å². The zero-order chi connectivity index (χ0) is 22.7. The van der Waals surface area contributed by atoms with Crippen LogP contribution in [0, 0.1) is 6.92 Å². The summed E-state index contributed by atoms with van der Waals surface area (Å²) < 4.78 is 17.2. The van der Waals surface area contributed by atoms with Crippen LogP contribution in [-0.4, -0.2) is 24.6 Å². The molecule has 0 fully saturated rings. The number of allylic oxidation sites excluding steroid dienone is 1. The van der Waals surface area contributed by atoms with Gasteiger partial charge in [0.25, 0.3) is 0 Å². The fourth-order valence-corrected chi connectivity index (χ4v) is 4.23. The van der Waals surface area contributed by atoms with Gasteiger partial charge in [0, 0.05) is 39.6 Å². The van der Waals surface area contributed by atoms with Gasteiger partial charge in [-0.2, -0.15) is 0 Å². The van der Waals surface area contributed by atoms with Gasteiger partial charge in [-0.1, -0.05) is 18.2 Å². The van der Waals surface area contributed by atoms with Gasteiger partial charge in [-0.05, 0) is 38.5 Å². The summed E-state index contributed by atoms with van der Waals surface area (Å²) in [5.74, 6) is 1.18. The van der Waals surface area contributed by atoms with E-state index in [1.165, 1.54) is 11.3 Å². The maximum atomic E-state index is 12.6. The highest BCUT2D eigenvalue weighted by molar-refractivity contribution is 7.13. The van der Waals surface area contributed by atoms with Gasteiger partial charge in [0.1, 0.15) is 17.1 Å². The number of benzene rings is 2. The summed E-state index contributed by atoms with van der Waals surface area (Å²) in [6, 6.07) is 11.7. The van der Waals surface area contributed by atoms with Gasteiger partial charge in [-0.25, -0.2) is 4.98 Å². The van der Waals surface area contributed by atoms with Crippen LogP contribution in [0.2, 0.25) is 0 Å². The number of fused-ring (bicyclic) bond motifs is 1. The maximum absolute atomic E-state index is 12.6. The second-order valence-corrected chi connectivity index (χ2v) is 8.10. The number of nitrogens with one attached hydrogen (secondary N) is 1. The lowest BCUT2D eigenvalue weighted by atomic mass is 9.98. The van der Waals surface area contributed by atoms with Crippen molar-refractivity contribution in [2.75, 3.05) is 19.0 Å². The van der Waals surface area contributed by atoms with E-state index in [-0.39, 0.29) is 5.91 Å².